The molecular weight excluding hydrogens is 156 g/mol. The van der Waals surface area contributed by atoms with Crippen molar-refractivity contribution in [3.63, 3.8) is 0 Å². The zero-order valence-corrected chi connectivity index (χ0v) is 6.87. The van der Waals surface area contributed by atoms with E-state index in [1.165, 1.54) is 6.92 Å². The summed E-state index contributed by atoms with van der Waals surface area (Å²) in [7, 11) is 0. The molecule has 2 heterocycles. The van der Waals surface area contributed by atoms with Gasteiger partial charge in [0.2, 0.25) is 0 Å². The van der Waals surface area contributed by atoms with E-state index in [1.54, 1.807) is 0 Å². The molecule has 4 unspecified atom stereocenters. The van der Waals surface area contributed by atoms with Gasteiger partial charge in [-0.25, -0.2) is 0 Å². The van der Waals surface area contributed by atoms with Crippen molar-refractivity contribution < 1.29 is 14.3 Å². The van der Waals surface area contributed by atoms with Crippen LogP contribution in [0.4, 0.5) is 0 Å². The van der Waals surface area contributed by atoms with E-state index < -0.39 is 5.60 Å². The molecule has 0 spiro atoms. The van der Waals surface area contributed by atoms with Crippen LogP contribution in [0.1, 0.15) is 19.8 Å². The molecule has 0 N–H and O–H groups in total. The normalized spacial score (nSPS) is 54.1. The van der Waals surface area contributed by atoms with Crippen LogP contribution in [0.5, 0.6) is 0 Å². The molecule has 3 aliphatic rings. The lowest BCUT2D eigenvalue weighted by Crippen LogP contribution is -2.52. The van der Waals surface area contributed by atoms with Crippen LogP contribution in [-0.4, -0.2) is 23.3 Å². The Bertz CT molecular complexity index is 292. The minimum absolute atomic E-state index is 0.0579. The molecule has 12 heavy (non-hydrogen) atoms. The van der Waals surface area contributed by atoms with Crippen molar-refractivity contribution in [2.24, 2.45) is 11.8 Å². The lowest BCUT2D eigenvalue weighted by molar-refractivity contribution is -0.145. The third-order valence-electron chi connectivity index (χ3n) is 3.61. The molecule has 0 aromatic rings. The highest BCUT2D eigenvalue weighted by atomic mass is 16.5. The maximum atomic E-state index is 11.6. The van der Waals surface area contributed by atoms with Crippen molar-refractivity contribution >= 4 is 11.6 Å². The summed E-state index contributed by atoms with van der Waals surface area (Å²) in [5, 5.41) is 0. The third-order valence-corrected chi connectivity index (χ3v) is 3.61. The smallest absolute Gasteiger partial charge is 0.185 e. The van der Waals surface area contributed by atoms with Crippen molar-refractivity contribution in [2.75, 3.05) is 0 Å². The Kier molecular flexibility index (Phi) is 0.927. The fraction of sp³-hybridized carbons (Fsp3) is 0.778. The second-order valence-corrected chi connectivity index (χ2v) is 4.14. The first-order valence-corrected chi connectivity index (χ1v) is 4.38. The van der Waals surface area contributed by atoms with Crippen LogP contribution in [0.3, 0.4) is 0 Å². The summed E-state index contributed by atoms with van der Waals surface area (Å²) in [5.74, 6) is 0.522. The van der Waals surface area contributed by atoms with Gasteiger partial charge in [0, 0.05) is 5.92 Å². The van der Waals surface area contributed by atoms with Gasteiger partial charge in [0.15, 0.2) is 17.2 Å². The van der Waals surface area contributed by atoms with E-state index in [9.17, 15) is 9.59 Å². The molecule has 3 nitrogen and oxygen atoms in total. The van der Waals surface area contributed by atoms with Gasteiger partial charge in [0.1, 0.15) is 0 Å². The molecule has 0 radical (unpaired) electrons. The van der Waals surface area contributed by atoms with Gasteiger partial charge in [-0.3, -0.25) is 9.59 Å². The van der Waals surface area contributed by atoms with Gasteiger partial charge < -0.3 is 4.74 Å². The van der Waals surface area contributed by atoms with Gasteiger partial charge >= 0.3 is 0 Å². The van der Waals surface area contributed by atoms with Crippen molar-refractivity contribution in [3.8, 4) is 0 Å². The predicted octanol–water partition coefficient (Wildman–Crippen LogP) is 0.322. The molecule has 0 aromatic heterocycles. The SMILES string of the molecule is CC(=O)C12CC3CC(C1=O)C3O2. The van der Waals surface area contributed by atoms with Gasteiger partial charge in [0.05, 0.1) is 6.10 Å². The summed E-state index contributed by atoms with van der Waals surface area (Å²) < 4.78 is 5.50. The van der Waals surface area contributed by atoms with Gasteiger partial charge in [0.25, 0.3) is 0 Å². The van der Waals surface area contributed by atoms with Crippen molar-refractivity contribution in [2.45, 2.75) is 31.5 Å². The maximum Gasteiger partial charge on any atom is 0.185 e. The minimum atomic E-state index is -0.988. The molecule has 0 amide bonds. The fourth-order valence-electron chi connectivity index (χ4n) is 2.87. The highest BCUT2D eigenvalue weighted by molar-refractivity contribution is 6.13. The summed E-state index contributed by atoms with van der Waals surface area (Å²) >= 11 is 0. The number of carbonyl (C=O) groups is 2. The Balaban J connectivity index is 2.09. The van der Waals surface area contributed by atoms with E-state index >= 15 is 0 Å². The van der Waals surface area contributed by atoms with Gasteiger partial charge in [-0.2, -0.15) is 0 Å². The number of rotatable bonds is 1. The molecule has 3 rings (SSSR count). The number of hydrogen-bond acceptors (Lipinski definition) is 3. The number of hydrogen-bond donors (Lipinski definition) is 0. The van der Waals surface area contributed by atoms with Crippen molar-refractivity contribution in [1.82, 2.24) is 0 Å². The van der Waals surface area contributed by atoms with Gasteiger partial charge in [-0.15, -0.1) is 0 Å². The Morgan fingerprint density at radius 3 is 2.75 bits per heavy atom. The van der Waals surface area contributed by atoms with Crippen LogP contribution in [0.2, 0.25) is 0 Å². The van der Waals surface area contributed by atoms with Crippen molar-refractivity contribution in [1.29, 1.82) is 0 Å². The number of Topliss-reactive ketones (excluding diaryl/α,β-unsaturated/α-hetero) is 2. The zero-order chi connectivity index (χ0) is 8.51. The number of carbonyl (C=O) groups excluding carboxylic acids is 2. The Morgan fingerprint density at radius 1 is 1.67 bits per heavy atom. The number of ether oxygens (including phenoxy) is 1. The molecule has 2 aliphatic heterocycles. The van der Waals surface area contributed by atoms with Crippen molar-refractivity contribution in [3.05, 3.63) is 0 Å². The van der Waals surface area contributed by atoms with E-state index in [4.69, 9.17) is 4.74 Å². The van der Waals surface area contributed by atoms with Crippen LogP contribution in [0.15, 0.2) is 0 Å². The second-order valence-electron chi connectivity index (χ2n) is 4.14. The quantitative estimate of drug-likeness (QED) is 0.527. The molecule has 4 atom stereocenters. The van der Waals surface area contributed by atoms with Crippen LogP contribution >= 0.6 is 0 Å². The molecular formula is C9H10O3. The van der Waals surface area contributed by atoms with E-state index in [2.05, 4.69) is 0 Å². The largest absolute Gasteiger partial charge is 0.355 e. The second kappa shape index (κ2) is 1.64. The molecule has 3 heteroatoms. The van der Waals surface area contributed by atoms with E-state index in [-0.39, 0.29) is 23.6 Å². The lowest BCUT2D eigenvalue weighted by Gasteiger charge is -2.38. The molecule has 64 valence electrons. The van der Waals surface area contributed by atoms with Gasteiger partial charge in [-0.1, -0.05) is 0 Å². The summed E-state index contributed by atoms with van der Waals surface area (Å²) in [5.41, 5.74) is -0.988. The minimum Gasteiger partial charge on any atom is -0.355 e. The predicted molar refractivity (Wildman–Crippen MR) is 39.5 cm³/mol. The fourth-order valence-corrected chi connectivity index (χ4v) is 2.87. The number of ketones is 2. The molecule has 3 fully saturated rings. The maximum absolute atomic E-state index is 11.6. The highest BCUT2D eigenvalue weighted by Crippen LogP contribution is 2.59. The average molecular weight is 166 g/mol. The van der Waals surface area contributed by atoms with E-state index in [0.29, 0.717) is 12.3 Å². The van der Waals surface area contributed by atoms with Gasteiger partial charge in [-0.05, 0) is 25.7 Å². The molecule has 2 saturated heterocycles. The Hall–Kier alpha value is -0.700. The lowest BCUT2D eigenvalue weighted by atomic mass is 9.60. The molecule has 2 bridgehead atoms. The summed E-state index contributed by atoms with van der Waals surface area (Å²) in [6.07, 6.45) is 1.71. The summed E-state index contributed by atoms with van der Waals surface area (Å²) in [4.78, 5) is 22.9. The monoisotopic (exact) mass is 166 g/mol. The van der Waals surface area contributed by atoms with E-state index in [1.807, 2.05) is 0 Å². The van der Waals surface area contributed by atoms with E-state index in [0.717, 1.165) is 6.42 Å². The standard InChI is InChI=1S/C9H10O3/c1-4(10)9-3-5-2-6(8(9)11)7(5)12-9/h5-7H,2-3H2,1H3. The molecule has 0 aromatic carbocycles. The molecule has 1 aliphatic carbocycles. The van der Waals surface area contributed by atoms with Crippen LogP contribution < -0.4 is 0 Å². The first-order valence-electron chi connectivity index (χ1n) is 4.38. The summed E-state index contributed by atoms with van der Waals surface area (Å²) in [6, 6.07) is 0. The zero-order valence-electron chi connectivity index (χ0n) is 6.87. The van der Waals surface area contributed by atoms with Crippen LogP contribution in [0.25, 0.3) is 0 Å². The first-order chi connectivity index (χ1) is 5.65. The Labute approximate surface area is 70.1 Å². The topological polar surface area (TPSA) is 43.4 Å². The summed E-state index contributed by atoms with van der Waals surface area (Å²) in [6.45, 7) is 1.46. The first kappa shape index (κ1) is 6.78. The Morgan fingerprint density at radius 2 is 2.42 bits per heavy atom. The third kappa shape index (κ3) is 0.460. The number of fused-ring (bicyclic) bond motifs is 1. The van der Waals surface area contributed by atoms with Crippen LogP contribution in [-0.2, 0) is 14.3 Å². The molecule has 1 saturated carbocycles. The average Bonchev–Trinajstić information content (AvgIpc) is 2.37. The van der Waals surface area contributed by atoms with Crippen LogP contribution in [0, 0.1) is 11.8 Å². The highest BCUT2D eigenvalue weighted by Gasteiger charge is 2.71.